The molecule has 2 aromatic carbocycles. The Hall–Kier alpha value is -3.75. The Balaban J connectivity index is 1.49. The first kappa shape index (κ1) is 24.0. The van der Waals surface area contributed by atoms with E-state index in [-0.39, 0.29) is 12.6 Å². The molecule has 0 N–H and O–H groups in total. The number of hydrogen-bond acceptors (Lipinski definition) is 5. The molecular weight excluding hydrogens is 469 g/mol. The lowest BCUT2D eigenvalue weighted by Gasteiger charge is -2.36. The van der Waals surface area contributed by atoms with E-state index in [9.17, 15) is 13.2 Å². The summed E-state index contributed by atoms with van der Waals surface area (Å²) in [5.74, 6) is -2.52. The number of nitrogens with zero attached hydrogens (tertiary/aromatic N) is 4. The standard InChI is InChI=1S/C27H27F3N4O2/c1-16-11-24(33(2)31-16)20-7-6-17(13-25(20)35-3)12-18-5-4-9-34-23(8-10-36-32-27(18)34)19-14-21(28)26(30)22(29)15-19/h6-7,11-15,23H,4-5,8-10H2,1-3H3/b18-12+. The van der Waals surface area contributed by atoms with Crippen LogP contribution in [0.15, 0.2) is 47.1 Å². The Kier molecular flexibility index (Phi) is 6.47. The van der Waals surface area contributed by atoms with E-state index in [1.54, 1.807) is 7.11 Å². The van der Waals surface area contributed by atoms with Crippen molar-refractivity contribution in [3.8, 4) is 17.0 Å². The van der Waals surface area contributed by atoms with Gasteiger partial charge in [0.15, 0.2) is 23.3 Å². The maximum Gasteiger partial charge on any atom is 0.194 e. The summed E-state index contributed by atoms with van der Waals surface area (Å²) in [6, 6.07) is 9.72. The van der Waals surface area contributed by atoms with Crippen LogP contribution in [0.2, 0.25) is 0 Å². The van der Waals surface area contributed by atoms with E-state index in [2.05, 4.69) is 10.3 Å². The molecule has 1 unspecified atom stereocenters. The molecule has 1 aromatic heterocycles. The van der Waals surface area contributed by atoms with E-state index < -0.39 is 17.5 Å². The Morgan fingerprint density at radius 3 is 2.58 bits per heavy atom. The van der Waals surface area contributed by atoms with Crippen molar-refractivity contribution in [2.75, 3.05) is 20.3 Å². The quantitative estimate of drug-likeness (QED) is 0.430. The van der Waals surface area contributed by atoms with Gasteiger partial charge < -0.3 is 14.5 Å². The SMILES string of the molecule is COc1cc(/C=C2\CCCN3C2=NOCCC3c2cc(F)c(F)c(F)c2)ccc1-c1cc(C)nn1C. The Morgan fingerprint density at radius 2 is 1.89 bits per heavy atom. The first-order valence-electron chi connectivity index (χ1n) is 11.9. The zero-order valence-corrected chi connectivity index (χ0v) is 20.4. The number of halogens is 3. The summed E-state index contributed by atoms with van der Waals surface area (Å²) in [5.41, 5.74) is 5.04. The number of fused-ring (bicyclic) bond motifs is 1. The third-order valence-electron chi connectivity index (χ3n) is 6.65. The van der Waals surface area contributed by atoms with Gasteiger partial charge in [-0.1, -0.05) is 11.2 Å². The second-order valence-electron chi connectivity index (χ2n) is 9.07. The molecule has 0 saturated carbocycles. The Labute approximate surface area is 207 Å². The van der Waals surface area contributed by atoms with E-state index in [0.29, 0.717) is 30.1 Å². The number of aromatic nitrogens is 2. The highest BCUT2D eigenvalue weighted by Gasteiger charge is 2.32. The van der Waals surface area contributed by atoms with Crippen LogP contribution in [0.25, 0.3) is 17.3 Å². The minimum absolute atomic E-state index is 0.283. The molecule has 6 nitrogen and oxygen atoms in total. The van der Waals surface area contributed by atoms with Gasteiger partial charge in [-0.25, -0.2) is 13.2 Å². The molecule has 0 aliphatic carbocycles. The van der Waals surface area contributed by atoms with E-state index in [0.717, 1.165) is 53.1 Å². The lowest BCUT2D eigenvalue weighted by atomic mass is 9.94. The second kappa shape index (κ2) is 9.72. The molecule has 0 radical (unpaired) electrons. The number of hydrogen-bond donors (Lipinski definition) is 0. The average molecular weight is 497 g/mol. The molecule has 0 spiro atoms. The largest absolute Gasteiger partial charge is 0.496 e. The minimum atomic E-state index is -1.46. The number of benzene rings is 2. The predicted molar refractivity (Wildman–Crippen MR) is 131 cm³/mol. The van der Waals surface area contributed by atoms with Crippen molar-refractivity contribution in [2.45, 2.75) is 32.2 Å². The molecule has 0 amide bonds. The summed E-state index contributed by atoms with van der Waals surface area (Å²) >= 11 is 0. The number of amidine groups is 1. The summed E-state index contributed by atoms with van der Waals surface area (Å²) in [6.45, 7) is 2.87. The predicted octanol–water partition coefficient (Wildman–Crippen LogP) is 5.78. The second-order valence-corrected chi connectivity index (χ2v) is 9.07. The molecule has 9 heteroatoms. The average Bonchev–Trinajstić information content (AvgIpc) is 3.06. The van der Waals surface area contributed by atoms with Crippen molar-refractivity contribution in [3.05, 3.63) is 76.2 Å². The zero-order valence-electron chi connectivity index (χ0n) is 20.4. The molecular formula is C27H27F3N4O2. The lowest BCUT2D eigenvalue weighted by molar-refractivity contribution is 0.140. The van der Waals surface area contributed by atoms with Crippen LogP contribution in [0.4, 0.5) is 13.2 Å². The summed E-state index contributed by atoms with van der Waals surface area (Å²) < 4.78 is 49.1. The van der Waals surface area contributed by atoms with E-state index in [1.807, 2.05) is 53.9 Å². The van der Waals surface area contributed by atoms with Gasteiger partial charge in [0.05, 0.1) is 24.5 Å². The molecule has 2 aliphatic rings. The Morgan fingerprint density at radius 1 is 1.11 bits per heavy atom. The van der Waals surface area contributed by atoms with Crippen molar-refractivity contribution < 1.29 is 22.7 Å². The van der Waals surface area contributed by atoms with Crippen LogP contribution in [0.3, 0.4) is 0 Å². The van der Waals surface area contributed by atoms with Crippen molar-refractivity contribution in [3.63, 3.8) is 0 Å². The summed E-state index contributed by atoms with van der Waals surface area (Å²) in [5, 5.41) is 8.78. The highest BCUT2D eigenvalue weighted by molar-refractivity contribution is 6.02. The highest BCUT2D eigenvalue weighted by Crippen LogP contribution is 2.36. The number of aryl methyl sites for hydroxylation is 2. The van der Waals surface area contributed by atoms with Crippen LogP contribution in [0.5, 0.6) is 5.75 Å². The molecule has 0 bridgehead atoms. The molecule has 36 heavy (non-hydrogen) atoms. The number of piperidine rings is 1. The third-order valence-corrected chi connectivity index (χ3v) is 6.65. The van der Waals surface area contributed by atoms with Crippen molar-refractivity contribution in [1.29, 1.82) is 0 Å². The van der Waals surface area contributed by atoms with Gasteiger partial charge in [-0.3, -0.25) is 4.68 Å². The van der Waals surface area contributed by atoms with Crippen LogP contribution in [-0.4, -0.2) is 40.8 Å². The number of oxime groups is 1. The molecule has 3 heterocycles. The van der Waals surface area contributed by atoms with Gasteiger partial charge >= 0.3 is 0 Å². The Bertz CT molecular complexity index is 1340. The summed E-state index contributed by atoms with van der Waals surface area (Å²) in [6.07, 6.45) is 4.10. The molecule has 1 atom stereocenters. The van der Waals surface area contributed by atoms with Gasteiger partial charge in [0.1, 0.15) is 12.4 Å². The van der Waals surface area contributed by atoms with Crippen LogP contribution in [0, 0.1) is 24.4 Å². The van der Waals surface area contributed by atoms with Gasteiger partial charge in [0, 0.05) is 25.6 Å². The van der Waals surface area contributed by atoms with Gasteiger partial charge in [-0.05, 0) is 72.9 Å². The smallest absolute Gasteiger partial charge is 0.194 e. The fourth-order valence-electron chi connectivity index (χ4n) is 5.01. The lowest BCUT2D eigenvalue weighted by Crippen LogP contribution is -2.39. The molecule has 1 saturated heterocycles. The maximum absolute atomic E-state index is 14.0. The van der Waals surface area contributed by atoms with Gasteiger partial charge in [0.2, 0.25) is 0 Å². The van der Waals surface area contributed by atoms with E-state index in [4.69, 9.17) is 9.57 Å². The van der Waals surface area contributed by atoms with E-state index in [1.165, 1.54) is 0 Å². The topological polar surface area (TPSA) is 51.9 Å². The normalized spacial score (nSPS) is 18.9. The fraction of sp³-hybridized carbons (Fsp3) is 0.333. The molecule has 1 fully saturated rings. The summed E-state index contributed by atoms with van der Waals surface area (Å²) in [7, 11) is 3.53. The molecule has 2 aliphatic heterocycles. The molecule has 5 rings (SSSR count). The van der Waals surface area contributed by atoms with Gasteiger partial charge in [0.25, 0.3) is 0 Å². The highest BCUT2D eigenvalue weighted by atomic mass is 19.2. The third kappa shape index (κ3) is 4.45. The minimum Gasteiger partial charge on any atom is -0.496 e. The number of ether oxygens (including phenoxy) is 1. The fourth-order valence-corrected chi connectivity index (χ4v) is 5.01. The van der Waals surface area contributed by atoms with Crippen LogP contribution in [0.1, 0.15) is 42.1 Å². The van der Waals surface area contributed by atoms with E-state index >= 15 is 0 Å². The van der Waals surface area contributed by atoms with Crippen LogP contribution < -0.4 is 4.74 Å². The first-order valence-corrected chi connectivity index (χ1v) is 11.9. The monoisotopic (exact) mass is 496 g/mol. The van der Waals surface area contributed by atoms with Crippen LogP contribution >= 0.6 is 0 Å². The van der Waals surface area contributed by atoms with Crippen molar-refractivity contribution in [1.82, 2.24) is 14.7 Å². The van der Waals surface area contributed by atoms with Gasteiger partial charge in [-0.2, -0.15) is 5.10 Å². The van der Waals surface area contributed by atoms with Crippen molar-refractivity contribution in [2.24, 2.45) is 12.2 Å². The molecule has 3 aromatic rings. The zero-order chi connectivity index (χ0) is 25.4. The maximum atomic E-state index is 14.0. The number of methoxy groups -OCH3 is 1. The van der Waals surface area contributed by atoms with Gasteiger partial charge in [-0.15, -0.1) is 0 Å². The molecule has 188 valence electrons. The first-order chi connectivity index (χ1) is 17.4. The van der Waals surface area contributed by atoms with Crippen LogP contribution in [-0.2, 0) is 11.9 Å². The van der Waals surface area contributed by atoms with Crippen molar-refractivity contribution >= 4 is 11.9 Å². The summed E-state index contributed by atoms with van der Waals surface area (Å²) in [4.78, 5) is 7.51. The number of rotatable bonds is 4.